The molecule has 19 heavy (non-hydrogen) atoms. The van der Waals surface area contributed by atoms with Crippen molar-refractivity contribution in [1.82, 2.24) is 14.7 Å². The van der Waals surface area contributed by atoms with Gasteiger partial charge in [-0.1, -0.05) is 5.57 Å². The number of imidazole rings is 1. The molecule has 0 radical (unpaired) electrons. The van der Waals surface area contributed by atoms with Crippen LogP contribution in [0.15, 0.2) is 11.0 Å². The first kappa shape index (κ1) is 14.3. The van der Waals surface area contributed by atoms with Crippen LogP contribution in [0.5, 0.6) is 0 Å². The van der Waals surface area contributed by atoms with Crippen LogP contribution >= 0.6 is 11.3 Å². The van der Waals surface area contributed by atoms with Gasteiger partial charge in [-0.15, -0.1) is 11.3 Å². The second-order valence-corrected chi connectivity index (χ2v) is 7.01. The third-order valence-corrected chi connectivity index (χ3v) is 3.98. The summed E-state index contributed by atoms with van der Waals surface area (Å²) in [5.41, 5.74) is 5.04. The van der Waals surface area contributed by atoms with Crippen molar-refractivity contribution in [2.45, 2.75) is 47.1 Å². The molecule has 3 nitrogen and oxygen atoms in total. The molecule has 0 aliphatic heterocycles. The predicted molar refractivity (Wildman–Crippen MR) is 83.9 cm³/mol. The Balaban J connectivity index is 2.29. The van der Waals surface area contributed by atoms with E-state index in [0.29, 0.717) is 0 Å². The molecule has 0 saturated heterocycles. The lowest BCUT2D eigenvalue weighted by atomic mass is 10.1. The smallest absolute Gasteiger partial charge is 0.194 e. The molecule has 0 spiro atoms. The standard InChI is InChI=1S/C15H23N3S/c1-10(8-16-15(4,5)6)7-13-12(3)17-14-18(13)11(2)9-19-14/h7,9,16H,8H2,1-6H3. The van der Waals surface area contributed by atoms with Crippen LogP contribution in [0.3, 0.4) is 0 Å². The quantitative estimate of drug-likeness (QED) is 0.924. The van der Waals surface area contributed by atoms with Gasteiger partial charge in [-0.25, -0.2) is 4.98 Å². The number of fused-ring (bicyclic) bond motifs is 1. The highest BCUT2D eigenvalue weighted by Crippen LogP contribution is 2.22. The zero-order chi connectivity index (χ0) is 14.2. The molecule has 0 aromatic carbocycles. The lowest BCUT2D eigenvalue weighted by Gasteiger charge is -2.20. The summed E-state index contributed by atoms with van der Waals surface area (Å²) in [7, 11) is 0. The van der Waals surface area contributed by atoms with Crippen LogP contribution in [-0.4, -0.2) is 21.5 Å². The summed E-state index contributed by atoms with van der Waals surface area (Å²) < 4.78 is 2.24. The highest BCUT2D eigenvalue weighted by atomic mass is 32.1. The van der Waals surface area contributed by atoms with Crippen LogP contribution in [0.25, 0.3) is 11.0 Å². The van der Waals surface area contributed by atoms with Gasteiger partial charge < -0.3 is 5.32 Å². The molecule has 2 aromatic heterocycles. The Labute approximate surface area is 119 Å². The Kier molecular flexibility index (Phi) is 3.83. The minimum Gasteiger partial charge on any atom is -0.308 e. The van der Waals surface area contributed by atoms with Gasteiger partial charge in [0.05, 0.1) is 11.4 Å². The first-order valence-corrected chi connectivity index (χ1v) is 7.51. The van der Waals surface area contributed by atoms with Crippen LogP contribution in [-0.2, 0) is 0 Å². The molecule has 0 amide bonds. The number of nitrogens with one attached hydrogen (secondary N) is 1. The van der Waals surface area contributed by atoms with Gasteiger partial charge >= 0.3 is 0 Å². The van der Waals surface area contributed by atoms with Crippen LogP contribution in [0.1, 0.15) is 44.8 Å². The van der Waals surface area contributed by atoms with E-state index in [1.807, 2.05) is 0 Å². The summed E-state index contributed by atoms with van der Waals surface area (Å²) in [4.78, 5) is 5.69. The van der Waals surface area contributed by atoms with E-state index in [4.69, 9.17) is 0 Å². The molecule has 1 N–H and O–H groups in total. The van der Waals surface area contributed by atoms with E-state index in [0.717, 1.165) is 17.2 Å². The molecule has 0 bridgehead atoms. The van der Waals surface area contributed by atoms with Crippen molar-refractivity contribution >= 4 is 22.4 Å². The summed E-state index contributed by atoms with van der Waals surface area (Å²) in [6, 6.07) is 0. The van der Waals surface area contributed by atoms with Crippen LogP contribution < -0.4 is 5.32 Å². The van der Waals surface area contributed by atoms with Gasteiger partial charge in [0.2, 0.25) is 0 Å². The van der Waals surface area contributed by atoms with Crippen molar-refractivity contribution in [3.05, 3.63) is 28.0 Å². The zero-order valence-electron chi connectivity index (χ0n) is 12.7. The van der Waals surface area contributed by atoms with E-state index in [1.54, 1.807) is 11.3 Å². The highest BCUT2D eigenvalue weighted by Gasteiger charge is 2.11. The van der Waals surface area contributed by atoms with Gasteiger partial charge in [0.1, 0.15) is 0 Å². The summed E-state index contributed by atoms with van der Waals surface area (Å²) in [6.45, 7) is 13.8. The summed E-state index contributed by atoms with van der Waals surface area (Å²) >= 11 is 1.70. The molecule has 4 heteroatoms. The van der Waals surface area contributed by atoms with Crippen molar-refractivity contribution in [2.75, 3.05) is 6.54 Å². The number of hydrogen-bond donors (Lipinski definition) is 1. The van der Waals surface area contributed by atoms with E-state index >= 15 is 0 Å². The SMILES string of the molecule is CC(=Cc1c(C)nc2scc(C)n12)CNC(C)(C)C. The molecular formula is C15H23N3S. The van der Waals surface area contributed by atoms with Crippen LogP contribution in [0.4, 0.5) is 0 Å². The number of thiazole rings is 1. The number of hydrogen-bond acceptors (Lipinski definition) is 3. The maximum atomic E-state index is 4.61. The normalized spacial score (nSPS) is 13.5. The van der Waals surface area contributed by atoms with E-state index in [9.17, 15) is 0 Å². The average molecular weight is 277 g/mol. The minimum absolute atomic E-state index is 0.148. The maximum Gasteiger partial charge on any atom is 0.194 e. The topological polar surface area (TPSA) is 29.3 Å². The lowest BCUT2D eigenvalue weighted by Crippen LogP contribution is -2.36. The van der Waals surface area contributed by atoms with E-state index in [1.165, 1.54) is 17.0 Å². The molecule has 2 aromatic rings. The maximum absolute atomic E-state index is 4.61. The Bertz CT molecular complexity index is 611. The molecule has 2 heterocycles. The van der Waals surface area contributed by atoms with Crippen LogP contribution in [0.2, 0.25) is 0 Å². The fraction of sp³-hybridized carbons (Fsp3) is 0.533. The lowest BCUT2D eigenvalue weighted by molar-refractivity contribution is 0.445. The fourth-order valence-corrected chi connectivity index (χ4v) is 2.90. The molecular weight excluding hydrogens is 254 g/mol. The van der Waals surface area contributed by atoms with Gasteiger partial charge in [0, 0.05) is 23.2 Å². The highest BCUT2D eigenvalue weighted by molar-refractivity contribution is 7.15. The summed E-state index contributed by atoms with van der Waals surface area (Å²) in [6.07, 6.45) is 2.24. The molecule has 0 atom stereocenters. The first-order valence-electron chi connectivity index (χ1n) is 6.63. The number of rotatable bonds is 3. The monoisotopic (exact) mass is 277 g/mol. The molecule has 0 fully saturated rings. The summed E-state index contributed by atoms with van der Waals surface area (Å²) in [5.74, 6) is 0. The van der Waals surface area contributed by atoms with Crippen LogP contribution in [0, 0.1) is 13.8 Å². The second kappa shape index (κ2) is 5.10. The number of aryl methyl sites for hydroxylation is 2. The van der Waals surface area contributed by atoms with Gasteiger partial charge in [-0.3, -0.25) is 4.40 Å². The molecule has 2 rings (SSSR count). The largest absolute Gasteiger partial charge is 0.308 e. The van der Waals surface area contributed by atoms with Crippen molar-refractivity contribution < 1.29 is 0 Å². The fourth-order valence-electron chi connectivity index (χ4n) is 1.98. The molecule has 0 aliphatic carbocycles. The van der Waals surface area contributed by atoms with Gasteiger partial charge in [0.25, 0.3) is 0 Å². The van der Waals surface area contributed by atoms with Gasteiger partial charge in [0.15, 0.2) is 4.96 Å². The molecule has 104 valence electrons. The van der Waals surface area contributed by atoms with Crippen molar-refractivity contribution in [3.63, 3.8) is 0 Å². The van der Waals surface area contributed by atoms with Gasteiger partial charge in [-0.2, -0.15) is 0 Å². The minimum atomic E-state index is 0.148. The zero-order valence-corrected chi connectivity index (χ0v) is 13.5. The average Bonchev–Trinajstić information content (AvgIpc) is 2.78. The summed E-state index contributed by atoms with van der Waals surface area (Å²) in [5, 5.41) is 5.67. The Hall–Kier alpha value is -1.13. The van der Waals surface area contributed by atoms with E-state index < -0.39 is 0 Å². The second-order valence-electron chi connectivity index (χ2n) is 6.17. The Morgan fingerprint density at radius 2 is 2.11 bits per heavy atom. The Morgan fingerprint density at radius 3 is 2.74 bits per heavy atom. The molecule has 0 saturated carbocycles. The number of aromatic nitrogens is 2. The predicted octanol–water partition coefficient (Wildman–Crippen LogP) is 3.80. The van der Waals surface area contributed by atoms with Gasteiger partial charge in [-0.05, 0) is 47.6 Å². The first-order chi connectivity index (χ1) is 8.78. The molecule has 0 aliphatic rings. The van der Waals surface area contributed by atoms with E-state index in [-0.39, 0.29) is 5.54 Å². The van der Waals surface area contributed by atoms with Crippen molar-refractivity contribution in [1.29, 1.82) is 0 Å². The van der Waals surface area contributed by atoms with E-state index in [2.05, 4.69) is 67.7 Å². The Morgan fingerprint density at radius 1 is 1.42 bits per heavy atom. The third-order valence-electron chi connectivity index (χ3n) is 3.03. The van der Waals surface area contributed by atoms with Crippen molar-refractivity contribution in [3.8, 4) is 0 Å². The van der Waals surface area contributed by atoms with Crippen molar-refractivity contribution in [2.24, 2.45) is 0 Å². The molecule has 0 unspecified atom stereocenters. The number of nitrogens with zero attached hydrogens (tertiary/aromatic N) is 2. The third kappa shape index (κ3) is 3.25.